The molecule has 0 fully saturated rings. The van der Waals surface area contributed by atoms with Crippen molar-refractivity contribution >= 4 is 11.1 Å². The van der Waals surface area contributed by atoms with Crippen LogP contribution in [-0.4, -0.2) is 26.2 Å². The van der Waals surface area contributed by atoms with E-state index in [2.05, 4.69) is 10.1 Å². The van der Waals surface area contributed by atoms with Gasteiger partial charge in [0.2, 0.25) is 12.4 Å². The molecule has 3 heterocycles. The molecule has 4 rings (SSSR count). The Balaban J connectivity index is 1.95. The Morgan fingerprint density at radius 3 is 2.65 bits per heavy atom. The summed E-state index contributed by atoms with van der Waals surface area (Å²) in [6.07, 6.45) is 5.24. The van der Waals surface area contributed by atoms with Crippen LogP contribution < -0.4 is 10.3 Å². The molecule has 0 radical (unpaired) electrons. The predicted molar refractivity (Wildman–Crippen MR) is 93.1 cm³/mol. The van der Waals surface area contributed by atoms with Crippen LogP contribution in [-0.2, 0) is 7.05 Å². The SMILES string of the molecule is Cc1nc2c(-c3cnn(C)c3)cn(-c3ccc(OCF)cc3)c(=O)c2o1. The van der Waals surface area contributed by atoms with Gasteiger partial charge >= 0.3 is 0 Å². The van der Waals surface area contributed by atoms with E-state index in [1.54, 1.807) is 48.3 Å². The number of oxazole rings is 1. The summed E-state index contributed by atoms with van der Waals surface area (Å²) in [5.74, 6) is 0.792. The second-order valence-corrected chi connectivity index (χ2v) is 5.78. The zero-order valence-electron chi connectivity index (χ0n) is 14.1. The Kier molecular flexibility index (Phi) is 3.80. The van der Waals surface area contributed by atoms with Gasteiger partial charge in [-0.05, 0) is 24.3 Å². The summed E-state index contributed by atoms with van der Waals surface area (Å²) in [6, 6.07) is 6.55. The van der Waals surface area contributed by atoms with Gasteiger partial charge in [0.25, 0.3) is 5.56 Å². The van der Waals surface area contributed by atoms with Crippen LogP contribution in [0.2, 0.25) is 0 Å². The van der Waals surface area contributed by atoms with Crippen LogP contribution >= 0.6 is 0 Å². The molecule has 0 aliphatic heterocycles. The van der Waals surface area contributed by atoms with Crippen molar-refractivity contribution < 1.29 is 13.5 Å². The van der Waals surface area contributed by atoms with Gasteiger partial charge in [-0.15, -0.1) is 0 Å². The number of ether oxygens (including phenoxy) is 1. The molecule has 132 valence electrons. The summed E-state index contributed by atoms with van der Waals surface area (Å²) in [5.41, 5.74) is 2.49. The van der Waals surface area contributed by atoms with E-state index in [9.17, 15) is 9.18 Å². The van der Waals surface area contributed by atoms with Crippen molar-refractivity contribution in [2.45, 2.75) is 6.92 Å². The number of fused-ring (bicyclic) bond motifs is 1. The predicted octanol–water partition coefficient (Wildman–Crippen LogP) is 2.99. The lowest BCUT2D eigenvalue weighted by molar-refractivity contribution is 0.192. The van der Waals surface area contributed by atoms with Crippen LogP contribution in [0, 0.1) is 6.92 Å². The molecule has 0 bridgehead atoms. The molecule has 26 heavy (non-hydrogen) atoms. The van der Waals surface area contributed by atoms with Crippen molar-refractivity contribution in [2.75, 3.05) is 6.86 Å². The summed E-state index contributed by atoms with van der Waals surface area (Å²) in [4.78, 5) is 17.2. The van der Waals surface area contributed by atoms with E-state index >= 15 is 0 Å². The molecule has 1 aromatic carbocycles. The molecular weight excluding hydrogens is 339 g/mol. The number of aryl methyl sites for hydroxylation is 2. The van der Waals surface area contributed by atoms with Gasteiger partial charge in [0.15, 0.2) is 5.89 Å². The number of halogens is 1. The van der Waals surface area contributed by atoms with Gasteiger partial charge in [-0.2, -0.15) is 5.10 Å². The van der Waals surface area contributed by atoms with Gasteiger partial charge < -0.3 is 9.15 Å². The minimum Gasteiger partial charge on any atom is -0.463 e. The smallest absolute Gasteiger partial charge is 0.300 e. The minimum absolute atomic E-state index is 0.174. The molecule has 7 nitrogen and oxygen atoms in total. The van der Waals surface area contributed by atoms with E-state index in [0.717, 1.165) is 11.1 Å². The molecule has 0 amide bonds. The highest BCUT2D eigenvalue weighted by molar-refractivity contribution is 5.89. The average molecular weight is 354 g/mol. The molecule has 0 saturated carbocycles. The molecule has 0 aliphatic rings. The number of pyridine rings is 1. The maximum absolute atomic E-state index is 12.9. The number of nitrogens with zero attached hydrogens (tertiary/aromatic N) is 4. The monoisotopic (exact) mass is 354 g/mol. The fourth-order valence-electron chi connectivity index (χ4n) is 2.84. The normalized spacial score (nSPS) is 11.2. The highest BCUT2D eigenvalue weighted by Gasteiger charge is 2.18. The lowest BCUT2D eigenvalue weighted by Crippen LogP contribution is -2.18. The lowest BCUT2D eigenvalue weighted by atomic mass is 10.1. The van der Waals surface area contributed by atoms with Crippen molar-refractivity contribution in [3.8, 4) is 22.6 Å². The molecule has 0 unspecified atom stereocenters. The summed E-state index contributed by atoms with van der Waals surface area (Å²) in [5, 5.41) is 4.18. The Bertz CT molecular complexity index is 1140. The number of alkyl halides is 1. The maximum atomic E-state index is 12.9. The van der Waals surface area contributed by atoms with Crippen molar-refractivity contribution in [3.05, 3.63) is 59.1 Å². The van der Waals surface area contributed by atoms with E-state index in [0.29, 0.717) is 22.8 Å². The zero-order valence-corrected chi connectivity index (χ0v) is 14.1. The largest absolute Gasteiger partial charge is 0.463 e. The Morgan fingerprint density at radius 1 is 1.23 bits per heavy atom. The molecule has 4 aromatic rings. The third-order valence-electron chi connectivity index (χ3n) is 4.01. The third-order valence-corrected chi connectivity index (χ3v) is 4.01. The van der Waals surface area contributed by atoms with E-state index < -0.39 is 6.86 Å². The minimum atomic E-state index is -0.909. The van der Waals surface area contributed by atoms with Gasteiger partial charge in [-0.25, -0.2) is 9.37 Å². The molecule has 8 heteroatoms. The highest BCUT2D eigenvalue weighted by Crippen LogP contribution is 2.27. The van der Waals surface area contributed by atoms with Crippen molar-refractivity contribution in [2.24, 2.45) is 7.05 Å². The average Bonchev–Trinajstić information content (AvgIpc) is 3.22. The van der Waals surface area contributed by atoms with Gasteiger partial charge in [-0.3, -0.25) is 14.0 Å². The third kappa shape index (κ3) is 2.65. The van der Waals surface area contributed by atoms with Crippen molar-refractivity contribution in [1.29, 1.82) is 0 Å². The number of benzene rings is 1. The van der Waals surface area contributed by atoms with E-state index in [-0.39, 0.29) is 11.1 Å². The molecule has 3 aromatic heterocycles. The standard InChI is InChI=1S/C18H15FN4O3/c1-11-21-16-15(12-7-20-22(2)8-12)9-23(18(24)17(16)26-11)13-3-5-14(6-4-13)25-10-19/h3-9H,10H2,1-2H3. The fourth-order valence-corrected chi connectivity index (χ4v) is 2.84. The molecule has 0 atom stereocenters. The van der Waals surface area contributed by atoms with Crippen LogP contribution in [0.1, 0.15) is 5.89 Å². The van der Waals surface area contributed by atoms with Crippen LogP contribution in [0.25, 0.3) is 27.9 Å². The fraction of sp³-hybridized carbons (Fsp3) is 0.167. The van der Waals surface area contributed by atoms with Gasteiger partial charge in [0, 0.05) is 43.2 Å². The van der Waals surface area contributed by atoms with E-state index in [4.69, 9.17) is 9.15 Å². The Labute approximate surface area is 147 Å². The maximum Gasteiger partial charge on any atom is 0.300 e. The molecule has 0 N–H and O–H groups in total. The van der Waals surface area contributed by atoms with Crippen molar-refractivity contribution in [1.82, 2.24) is 19.3 Å². The van der Waals surface area contributed by atoms with Gasteiger partial charge in [0.05, 0.1) is 6.20 Å². The molecular formula is C18H15FN4O3. The van der Waals surface area contributed by atoms with Crippen LogP contribution in [0.15, 0.2) is 52.1 Å². The summed E-state index contributed by atoms with van der Waals surface area (Å²) < 4.78 is 25.8. The lowest BCUT2D eigenvalue weighted by Gasteiger charge is -2.09. The van der Waals surface area contributed by atoms with Crippen LogP contribution in [0.4, 0.5) is 4.39 Å². The number of aromatic nitrogens is 4. The Hall–Kier alpha value is -3.42. The number of rotatable bonds is 4. The quantitative estimate of drug-likeness (QED) is 0.563. The first-order valence-electron chi connectivity index (χ1n) is 7.88. The second kappa shape index (κ2) is 6.14. The first-order chi connectivity index (χ1) is 12.6. The number of hydrogen-bond donors (Lipinski definition) is 0. The van der Waals surface area contributed by atoms with E-state index in [1.165, 1.54) is 4.57 Å². The topological polar surface area (TPSA) is 75.1 Å². The van der Waals surface area contributed by atoms with E-state index in [1.807, 2.05) is 13.2 Å². The van der Waals surface area contributed by atoms with Gasteiger partial charge in [0.1, 0.15) is 11.3 Å². The van der Waals surface area contributed by atoms with Crippen molar-refractivity contribution in [3.63, 3.8) is 0 Å². The summed E-state index contributed by atoms with van der Waals surface area (Å²) in [7, 11) is 1.81. The van der Waals surface area contributed by atoms with Crippen LogP contribution in [0.3, 0.4) is 0 Å². The second-order valence-electron chi connectivity index (χ2n) is 5.78. The highest BCUT2D eigenvalue weighted by atomic mass is 19.1. The number of hydrogen-bond acceptors (Lipinski definition) is 5. The zero-order chi connectivity index (χ0) is 18.3. The molecule has 0 aliphatic carbocycles. The summed E-state index contributed by atoms with van der Waals surface area (Å²) in [6.45, 7) is 0.785. The molecule has 0 saturated heterocycles. The molecule has 0 spiro atoms. The first-order valence-corrected chi connectivity index (χ1v) is 7.88. The Morgan fingerprint density at radius 2 is 2.00 bits per heavy atom. The first kappa shape index (κ1) is 16.1. The van der Waals surface area contributed by atoms with Gasteiger partial charge in [-0.1, -0.05) is 0 Å². The summed E-state index contributed by atoms with van der Waals surface area (Å²) >= 11 is 0. The van der Waals surface area contributed by atoms with Crippen LogP contribution in [0.5, 0.6) is 5.75 Å².